The summed E-state index contributed by atoms with van der Waals surface area (Å²) in [6.07, 6.45) is -4.17. The zero-order valence-corrected chi connectivity index (χ0v) is 12.7. The van der Waals surface area contributed by atoms with Crippen molar-refractivity contribution in [3.8, 4) is 0 Å². The van der Waals surface area contributed by atoms with Crippen LogP contribution in [0.4, 0.5) is 24.5 Å². The lowest BCUT2D eigenvalue weighted by Crippen LogP contribution is -2.16. The number of carbonyl (C=O) groups is 1. The highest BCUT2D eigenvalue weighted by atomic mass is 35.5. The summed E-state index contributed by atoms with van der Waals surface area (Å²) in [5.74, 6) is -0.202. The van der Waals surface area contributed by atoms with E-state index in [1.807, 2.05) is 0 Å². The van der Waals surface area contributed by atoms with Crippen molar-refractivity contribution in [2.24, 2.45) is 0 Å². The minimum absolute atomic E-state index is 0.184. The molecule has 0 aliphatic heterocycles. The SMILES string of the molecule is O=C(CCNc1ccc(C(F)(F)F)cc1)Nc1ccc(Cl)cc1. The predicted molar refractivity (Wildman–Crippen MR) is 84.6 cm³/mol. The van der Waals surface area contributed by atoms with Gasteiger partial charge in [-0.05, 0) is 48.5 Å². The second-order valence-electron chi connectivity index (χ2n) is 4.81. The minimum Gasteiger partial charge on any atom is -0.385 e. The largest absolute Gasteiger partial charge is 0.416 e. The van der Waals surface area contributed by atoms with Gasteiger partial charge in [0.05, 0.1) is 5.56 Å². The Morgan fingerprint density at radius 2 is 1.52 bits per heavy atom. The lowest BCUT2D eigenvalue weighted by molar-refractivity contribution is -0.137. The van der Waals surface area contributed by atoms with E-state index in [1.165, 1.54) is 12.1 Å². The molecule has 2 N–H and O–H groups in total. The van der Waals surface area contributed by atoms with Crippen LogP contribution in [0.1, 0.15) is 12.0 Å². The molecule has 0 saturated heterocycles. The summed E-state index contributed by atoms with van der Waals surface area (Å²) in [6, 6.07) is 11.4. The molecule has 0 unspecified atom stereocenters. The number of alkyl halides is 3. The first-order chi connectivity index (χ1) is 10.8. The van der Waals surface area contributed by atoms with Crippen LogP contribution in [0.15, 0.2) is 48.5 Å². The fourth-order valence-electron chi connectivity index (χ4n) is 1.85. The fourth-order valence-corrected chi connectivity index (χ4v) is 1.98. The van der Waals surface area contributed by atoms with Crippen molar-refractivity contribution in [1.82, 2.24) is 0 Å². The molecule has 122 valence electrons. The van der Waals surface area contributed by atoms with Gasteiger partial charge in [-0.2, -0.15) is 13.2 Å². The molecular weight excluding hydrogens is 329 g/mol. The maximum Gasteiger partial charge on any atom is 0.416 e. The molecule has 0 atom stereocenters. The smallest absolute Gasteiger partial charge is 0.385 e. The monoisotopic (exact) mass is 342 g/mol. The number of anilines is 2. The van der Waals surface area contributed by atoms with Gasteiger partial charge in [-0.3, -0.25) is 4.79 Å². The first-order valence-electron chi connectivity index (χ1n) is 6.81. The van der Waals surface area contributed by atoms with Crippen LogP contribution in [0.3, 0.4) is 0 Å². The van der Waals surface area contributed by atoms with Crippen molar-refractivity contribution >= 4 is 28.9 Å². The van der Waals surface area contributed by atoms with Gasteiger partial charge >= 0.3 is 6.18 Å². The molecule has 2 rings (SSSR count). The van der Waals surface area contributed by atoms with E-state index in [0.717, 1.165) is 12.1 Å². The Bertz CT molecular complexity index is 655. The summed E-state index contributed by atoms with van der Waals surface area (Å²) >= 11 is 5.75. The molecule has 0 saturated carbocycles. The third kappa shape index (κ3) is 5.49. The summed E-state index contributed by atoms with van der Waals surface area (Å²) in [5.41, 5.74) is 0.453. The number of halogens is 4. The van der Waals surface area contributed by atoms with E-state index in [9.17, 15) is 18.0 Å². The third-order valence-corrected chi connectivity index (χ3v) is 3.27. The number of amides is 1. The van der Waals surface area contributed by atoms with Crippen LogP contribution in [-0.2, 0) is 11.0 Å². The van der Waals surface area contributed by atoms with E-state index in [1.54, 1.807) is 24.3 Å². The van der Waals surface area contributed by atoms with Crippen LogP contribution in [0.2, 0.25) is 5.02 Å². The van der Waals surface area contributed by atoms with Gasteiger partial charge in [0, 0.05) is 29.4 Å². The minimum atomic E-state index is -4.35. The lowest BCUT2D eigenvalue weighted by Gasteiger charge is -2.10. The zero-order valence-electron chi connectivity index (χ0n) is 12.0. The van der Waals surface area contributed by atoms with Crippen LogP contribution in [-0.4, -0.2) is 12.5 Å². The Labute approximate surface area is 136 Å². The summed E-state index contributed by atoms with van der Waals surface area (Å²) in [5, 5.41) is 6.17. The molecule has 0 aliphatic rings. The Kier molecular flexibility index (Phi) is 5.50. The van der Waals surface area contributed by atoms with Gasteiger partial charge in [-0.15, -0.1) is 0 Å². The van der Waals surface area contributed by atoms with Crippen LogP contribution in [0.5, 0.6) is 0 Å². The first-order valence-corrected chi connectivity index (χ1v) is 7.19. The Hall–Kier alpha value is -2.21. The van der Waals surface area contributed by atoms with Crippen molar-refractivity contribution in [3.05, 3.63) is 59.1 Å². The van der Waals surface area contributed by atoms with E-state index < -0.39 is 11.7 Å². The number of rotatable bonds is 5. The fraction of sp³-hybridized carbons (Fsp3) is 0.188. The second-order valence-corrected chi connectivity index (χ2v) is 5.24. The highest BCUT2D eigenvalue weighted by molar-refractivity contribution is 6.30. The number of benzene rings is 2. The average Bonchev–Trinajstić information content (AvgIpc) is 2.49. The normalized spacial score (nSPS) is 11.1. The highest BCUT2D eigenvalue weighted by Crippen LogP contribution is 2.29. The van der Waals surface area contributed by atoms with Crippen molar-refractivity contribution in [2.45, 2.75) is 12.6 Å². The standard InChI is InChI=1S/C16H14ClF3N2O/c17-12-3-7-14(8-4-12)22-15(23)9-10-21-13-5-1-11(2-6-13)16(18,19)20/h1-8,21H,9-10H2,(H,22,23). The third-order valence-electron chi connectivity index (χ3n) is 3.02. The molecule has 3 nitrogen and oxygen atoms in total. The summed E-state index contributed by atoms with van der Waals surface area (Å²) < 4.78 is 37.3. The van der Waals surface area contributed by atoms with Gasteiger partial charge in [-0.25, -0.2) is 0 Å². The van der Waals surface area contributed by atoms with E-state index in [2.05, 4.69) is 10.6 Å². The second kappa shape index (κ2) is 7.37. The molecule has 0 heterocycles. The average molecular weight is 343 g/mol. The molecule has 2 aromatic rings. The molecule has 0 spiro atoms. The van der Waals surface area contributed by atoms with Gasteiger partial charge in [0.25, 0.3) is 0 Å². The van der Waals surface area contributed by atoms with E-state index in [-0.39, 0.29) is 12.3 Å². The molecular formula is C16H14ClF3N2O. The maximum absolute atomic E-state index is 12.4. The quantitative estimate of drug-likeness (QED) is 0.819. The van der Waals surface area contributed by atoms with Crippen LogP contribution in [0, 0.1) is 0 Å². The van der Waals surface area contributed by atoms with Gasteiger partial charge in [0.15, 0.2) is 0 Å². The van der Waals surface area contributed by atoms with Gasteiger partial charge in [-0.1, -0.05) is 11.6 Å². The lowest BCUT2D eigenvalue weighted by atomic mass is 10.2. The van der Waals surface area contributed by atoms with E-state index in [0.29, 0.717) is 22.9 Å². The molecule has 0 aliphatic carbocycles. The molecule has 1 amide bonds. The Balaban J connectivity index is 1.78. The number of hydrogen-bond donors (Lipinski definition) is 2. The van der Waals surface area contributed by atoms with Crippen molar-refractivity contribution < 1.29 is 18.0 Å². The molecule has 0 fully saturated rings. The van der Waals surface area contributed by atoms with E-state index in [4.69, 9.17) is 11.6 Å². The topological polar surface area (TPSA) is 41.1 Å². The molecule has 2 aromatic carbocycles. The van der Waals surface area contributed by atoms with Gasteiger partial charge in [0.2, 0.25) is 5.91 Å². The van der Waals surface area contributed by atoms with Gasteiger partial charge in [0.1, 0.15) is 0 Å². The summed E-state index contributed by atoms with van der Waals surface area (Å²) in [7, 11) is 0. The Morgan fingerprint density at radius 1 is 0.957 bits per heavy atom. The van der Waals surface area contributed by atoms with Gasteiger partial charge < -0.3 is 10.6 Å². The Morgan fingerprint density at radius 3 is 2.09 bits per heavy atom. The number of carbonyl (C=O) groups excluding carboxylic acids is 1. The molecule has 7 heteroatoms. The summed E-state index contributed by atoms with van der Waals surface area (Å²) in [4.78, 5) is 11.7. The molecule has 0 aromatic heterocycles. The number of nitrogens with one attached hydrogen (secondary N) is 2. The first kappa shape index (κ1) is 17.1. The van der Waals surface area contributed by atoms with Crippen molar-refractivity contribution in [2.75, 3.05) is 17.2 Å². The maximum atomic E-state index is 12.4. The molecule has 0 bridgehead atoms. The van der Waals surface area contributed by atoms with Crippen LogP contribution < -0.4 is 10.6 Å². The zero-order chi connectivity index (χ0) is 16.9. The van der Waals surface area contributed by atoms with Crippen LogP contribution in [0.25, 0.3) is 0 Å². The molecule has 0 radical (unpaired) electrons. The van der Waals surface area contributed by atoms with Crippen molar-refractivity contribution in [1.29, 1.82) is 0 Å². The molecule has 23 heavy (non-hydrogen) atoms. The predicted octanol–water partition coefficient (Wildman–Crippen LogP) is 4.80. The summed E-state index contributed by atoms with van der Waals surface area (Å²) in [6.45, 7) is 0.310. The van der Waals surface area contributed by atoms with E-state index >= 15 is 0 Å². The van der Waals surface area contributed by atoms with Crippen LogP contribution >= 0.6 is 11.6 Å². The van der Waals surface area contributed by atoms with Crippen molar-refractivity contribution in [3.63, 3.8) is 0 Å². The highest BCUT2D eigenvalue weighted by Gasteiger charge is 2.29. The number of hydrogen-bond acceptors (Lipinski definition) is 2.